The minimum Gasteiger partial charge on any atom is -0.355 e. The van der Waals surface area contributed by atoms with E-state index in [0.717, 1.165) is 20.4 Å². The third-order valence-corrected chi connectivity index (χ3v) is 4.08. The minimum absolute atomic E-state index is 0.194. The number of nitrogens with zero attached hydrogens (tertiary/aromatic N) is 2. The number of nitrogens with one attached hydrogen (secondary N) is 1. The molecule has 1 N–H and O–H groups in total. The zero-order valence-corrected chi connectivity index (χ0v) is 11.9. The lowest BCUT2D eigenvalue weighted by Gasteiger charge is -2.12. The standard InChI is InChI=1S/C14H12ClN3S/c1-9(10-4-6-16-7-5-10)17-14-18-12-3-2-11(15)8-13(12)19-14/h2-9H,1H3,(H,17,18). The Morgan fingerprint density at radius 2 is 2.00 bits per heavy atom. The average molecular weight is 290 g/mol. The lowest BCUT2D eigenvalue weighted by Crippen LogP contribution is -2.05. The molecule has 1 atom stereocenters. The molecule has 0 bridgehead atoms. The number of pyridine rings is 1. The Morgan fingerprint density at radius 1 is 1.21 bits per heavy atom. The molecule has 0 aliphatic carbocycles. The van der Waals surface area contributed by atoms with Gasteiger partial charge in [0, 0.05) is 17.4 Å². The van der Waals surface area contributed by atoms with Gasteiger partial charge in [-0.1, -0.05) is 22.9 Å². The molecule has 0 fully saturated rings. The number of anilines is 1. The van der Waals surface area contributed by atoms with E-state index in [4.69, 9.17) is 11.6 Å². The normalized spacial score (nSPS) is 12.5. The van der Waals surface area contributed by atoms with Gasteiger partial charge >= 0.3 is 0 Å². The summed E-state index contributed by atoms with van der Waals surface area (Å²) in [4.78, 5) is 8.58. The molecule has 1 aromatic carbocycles. The number of rotatable bonds is 3. The summed E-state index contributed by atoms with van der Waals surface area (Å²) in [6.45, 7) is 2.11. The molecule has 2 aromatic heterocycles. The number of fused-ring (bicyclic) bond motifs is 1. The van der Waals surface area contributed by atoms with Crippen LogP contribution in [0.3, 0.4) is 0 Å². The summed E-state index contributed by atoms with van der Waals surface area (Å²) >= 11 is 7.59. The molecule has 0 aliphatic rings. The van der Waals surface area contributed by atoms with Crippen molar-refractivity contribution in [3.63, 3.8) is 0 Å². The Hall–Kier alpha value is -1.65. The second kappa shape index (κ2) is 5.15. The average Bonchev–Trinajstić information content (AvgIpc) is 2.81. The Bertz CT molecular complexity index is 696. The molecule has 0 saturated carbocycles. The van der Waals surface area contributed by atoms with Crippen molar-refractivity contribution in [1.29, 1.82) is 0 Å². The Balaban J connectivity index is 1.85. The molecule has 0 amide bonds. The first-order chi connectivity index (χ1) is 9.22. The van der Waals surface area contributed by atoms with Crippen molar-refractivity contribution in [3.05, 3.63) is 53.3 Å². The van der Waals surface area contributed by atoms with Crippen molar-refractivity contribution in [2.75, 3.05) is 5.32 Å². The van der Waals surface area contributed by atoms with Gasteiger partial charge in [-0.2, -0.15) is 0 Å². The van der Waals surface area contributed by atoms with Crippen LogP contribution in [0.5, 0.6) is 0 Å². The van der Waals surface area contributed by atoms with E-state index in [1.54, 1.807) is 23.7 Å². The van der Waals surface area contributed by atoms with Gasteiger partial charge in [0.1, 0.15) is 0 Å². The Labute approximate surface area is 120 Å². The summed E-state index contributed by atoms with van der Waals surface area (Å²) in [5.41, 5.74) is 2.16. The van der Waals surface area contributed by atoms with E-state index in [-0.39, 0.29) is 6.04 Å². The van der Waals surface area contributed by atoms with Crippen LogP contribution < -0.4 is 5.32 Å². The third-order valence-electron chi connectivity index (χ3n) is 2.90. The highest BCUT2D eigenvalue weighted by Gasteiger charge is 2.09. The van der Waals surface area contributed by atoms with E-state index in [0.29, 0.717) is 0 Å². The number of hydrogen-bond acceptors (Lipinski definition) is 4. The molecule has 96 valence electrons. The van der Waals surface area contributed by atoms with Gasteiger partial charge in [0.05, 0.1) is 16.3 Å². The molecular formula is C14H12ClN3S. The van der Waals surface area contributed by atoms with Gasteiger partial charge in [-0.25, -0.2) is 4.98 Å². The SMILES string of the molecule is CC(Nc1nc2ccc(Cl)cc2s1)c1ccncc1. The van der Waals surface area contributed by atoms with E-state index in [1.165, 1.54) is 5.56 Å². The van der Waals surface area contributed by atoms with E-state index in [2.05, 4.69) is 22.2 Å². The zero-order valence-electron chi connectivity index (χ0n) is 10.3. The molecule has 0 radical (unpaired) electrons. The number of halogens is 1. The van der Waals surface area contributed by atoms with Crippen LogP contribution in [0.2, 0.25) is 5.02 Å². The van der Waals surface area contributed by atoms with Crippen molar-refractivity contribution in [2.45, 2.75) is 13.0 Å². The highest BCUT2D eigenvalue weighted by Crippen LogP contribution is 2.30. The number of benzene rings is 1. The van der Waals surface area contributed by atoms with Crippen LogP contribution in [-0.2, 0) is 0 Å². The highest BCUT2D eigenvalue weighted by molar-refractivity contribution is 7.22. The van der Waals surface area contributed by atoms with Crippen molar-refractivity contribution in [1.82, 2.24) is 9.97 Å². The molecule has 5 heteroatoms. The maximum absolute atomic E-state index is 5.98. The van der Waals surface area contributed by atoms with Gasteiger partial charge < -0.3 is 5.32 Å². The molecule has 0 saturated heterocycles. The van der Waals surface area contributed by atoms with Crippen molar-refractivity contribution >= 4 is 38.3 Å². The Kier molecular flexibility index (Phi) is 3.36. The summed E-state index contributed by atoms with van der Waals surface area (Å²) < 4.78 is 1.09. The quantitative estimate of drug-likeness (QED) is 0.770. The molecule has 3 rings (SSSR count). The van der Waals surface area contributed by atoms with Gasteiger partial charge in [-0.15, -0.1) is 0 Å². The van der Waals surface area contributed by atoms with Gasteiger partial charge in [-0.05, 0) is 42.8 Å². The van der Waals surface area contributed by atoms with E-state index in [9.17, 15) is 0 Å². The van der Waals surface area contributed by atoms with Crippen LogP contribution in [0.1, 0.15) is 18.5 Å². The van der Waals surface area contributed by atoms with E-state index < -0.39 is 0 Å². The van der Waals surface area contributed by atoms with Gasteiger partial charge in [0.25, 0.3) is 0 Å². The highest BCUT2D eigenvalue weighted by atomic mass is 35.5. The predicted molar refractivity (Wildman–Crippen MR) is 80.9 cm³/mol. The monoisotopic (exact) mass is 289 g/mol. The molecule has 3 aromatic rings. The third kappa shape index (κ3) is 2.69. The first kappa shape index (κ1) is 12.4. The van der Waals surface area contributed by atoms with Crippen LogP contribution in [0.15, 0.2) is 42.7 Å². The molecule has 0 spiro atoms. The summed E-state index contributed by atoms with van der Waals surface area (Å²) in [5.74, 6) is 0. The van der Waals surface area contributed by atoms with Crippen LogP contribution in [0, 0.1) is 0 Å². The number of thiazole rings is 1. The molecule has 2 heterocycles. The van der Waals surface area contributed by atoms with Crippen LogP contribution in [0.25, 0.3) is 10.2 Å². The van der Waals surface area contributed by atoms with Gasteiger partial charge in [0.2, 0.25) is 0 Å². The molecular weight excluding hydrogens is 278 g/mol. The lowest BCUT2D eigenvalue weighted by atomic mass is 10.1. The smallest absolute Gasteiger partial charge is 0.184 e. The fraction of sp³-hybridized carbons (Fsp3) is 0.143. The maximum Gasteiger partial charge on any atom is 0.184 e. The first-order valence-corrected chi connectivity index (χ1v) is 7.14. The zero-order chi connectivity index (χ0) is 13.2. The second-order valence-electron chi connectivity index (χ2n) is 4.28. The van der Waals surface area contributed by atoms with Crippen LogP contribution >= 0.6 is 22.9 Å². The largest absolute Gasteiger partial charge is 0.355 e. The van der Waals surface area contributed by atoms with Crippen molar-refractivity contribution in [3.8, 4) is 0 Å². The van der Waals surface area contributed by atoms with Crippen molar-refractivity contribution < 1.29 is 0 Å². The second-order valence-corrected chi connectivity index (χ2v) is 5.74. The summed E-state index contributed by atoms with van der Waals surface area (Å²) in [7, 11) is 0. The van der Waals surface area contributed by atoms with Crippen LogP contribution in [-0.4, -0.2) is 9.97 Å². The lowest BCUT2D eigenvalue weighted by molar-refractivity contribution is 0.879. The molecule has 19 heavy (non-hydrogen) atoms. The fourth-order valence-corrected chi connectivity index (χ4v) is 3.11. The number of hydrogen-bond donors (Lipinski definition) is 1. The van der Waals surface area contributed by atoms with Gasteiger partial charge in [0.15, 0.2) is 5.13 Å². The molecule has 1 unspecified atom stereocenters. The maximum atomic E-state index is 5.98. The Morgan fingerprint density at radius 3 is 2.79 bits per heavy atom. The van der Waals surface area contributed by atoms with Gasteiger partial charge in [-0.3, -0.25) is 4.98 Å². The topological polar surface area (TPSA) is 37.8 Å². The fourth-order valence-electron chi connectivity index (χ4n) is 1.88. The molecule has 3 nitrogen and oxygen atoms in total. The first-order valence-electron chi connectivity index (χ1n) is 5.95. The molecule has 0 aliphatic heterocycles. The summed E-state index contributed by atoms with van der Waals surface area (Å²) in [6, 6.07) is 9.94. The minimum atomic E-state index is 0.194. The van der Waals surface area contributed by atoms with Crippen molar-refractivity contribution in [2.24, 2.45) is 0 Å². The van der Waals surface area contributed by atoms with E-state index >= 15 is 0 Å². The van der Waals surface area contributed by atoms with E-state index in [1.807, 2.05) is 30.3 Å². The summed E-state index contributed by atoms with van der Waals surface area (Å²) in [5, 5.41) is 5.05. The summed E-state index contributed by atoms with van der Waals surface area (Å²) in [6.07, 6.45) is 3.59. The number of aromatic nitrogens is 2. The van der Waals surface area contributed by atoms with Crippen LogP contribution in [0.4, 0.5) is 5.13 Å². The predicted octanol–water partition coefficient (Wildman–Crippen LogP) is 4.52.